The molecule has 0 saturated carbocycles. The summed E-state index contributed by atoms with van der Waals surface area (Å²) in [6.45, 7) is 7.46. The van der Waals surface area contributed by atoms with Gasteiger partial charge in [0.15, 0.2) is 0 Å². The molecule has 0 aliphatic carbocycles. The van der Waals surface area contributed by atoms with Gasteiger partial charge >= 0.3 is 0 Å². The van der Waals surface area contributed by atoms with Crippen LogP contribution in [-0.4, -0.2) is 60.5 Å². The summed E-state index contributed by atoms with van der Waals surface area (Å²) in [7, 11) is 0. The Balaban J connectivity index is 1.49. The van der Waals surface area contributed by atoms with E-state index in [2.05, 4.69) is 27.3 Å². The van der Waals surface area contributed by atoms with Crippen molar-refractivity contribution in [2.45, 2.75) is 26.3 Å². The van der Waals surface area contributed by atoms with Crippen LogP contribution in [0, 0.1) is 0 Å². The van der Waals surface area contributed by atoms with Crippen molar-refractivity contribution in [1.82, 2.24) is 20.4 Å². The first-order valence-corrected chi connectivity index (χ1v) is 9.59. The van der Waals surface area contributed by atoms with E-state index < -0.39 is 0 Å². The summed E-state index contributed by atoms with van der Waals surface area (Å²) in [5.74, 6) is 0.622. The lowest BCUT2D eigenvalue weighted by atomic mass is 10.2. The maximum Gasteiger partial charge on any atom is 0.272 e. The molecule has 1 aromatic heterocycles. The Morgan fingerprint density at radius 2 is 2.15 bits per heavy atom. The molecule has 2 heterocycles. The van der Waals surface area contributed by atoms with Gasteiger partial charge in [-0.25, -0.2) is 0 Å². The van der Waals surface area contributed by atoms with Crippen molar-refractivity contribution in [3.05, 3.63) is 47.3 Å². The van der Waals surface area contributed by atoms with E-state index in [4.69, 9.17) is 9.47 Å². The highest BCUT2D eigenvalue weighted by Crippen LogP contribution is 2.18. The predicted molar refractivity (Wildman–Crippen MR) is 103 cm³/mol. The number of nitrogens with zero attached hydrogens (tertiary/aromatic N) is 2. The van der Waals surface area contributed by atoms with Crippen LogP contribution >= 0.6 is 0 Å². The average Bonchev–Trinajstić information content (AvgIpc) is 3.17. The SMILES string of the molecule is CCCc1cc(C(=O)NCc2ccccc2OCCN2CCOCC2)n[nH]1. The molecular weight excluding hydrogens is 344 g/mol. The Hall–Kier alpha value is -2.38. The van der Waals surface area contributed by atoms with E-state index in [1.807, 2.05) is 30.3 Å². The van der Waals surface area contributed by atoms with Crippen molar-refractivity contribution in [3.63, 3.8) is 0 Å². The lowest BCUT2D eigenvalue weighted by Crippen LogP contribution is -2.38. The highest BCUT2D eigenvalue weighted by Gasteiger charge is 2.13. The number of amides is 1. The van der Waals surface area contributed by atoms with E-state index in [1.54, 1.807) is 0 Å². The van der Waals surface area contributed by atoms with Gasteiger partial charge in [0.05, 0.1) is 13.2 Å². The number of aromatic amines is 1. The quantitative estimate of drug-likeness (QED) is 0.704. The first kappa shape index (κ1) is 19.4. The van der Waals surface area contributed by atoms with Gasteiger partial charge < -0.3 is 14.8 Å². The molecule has 1 aliphatic rings. The van der Waals surface area contributed by atoms with E-state index >= 15 is 0 Å². The maximum atomic E-state index is 12.3. The topological polar surface area (TPSA) is 79.5 Å². The van der Waals surface area contributed by atoms with Crippen molar-refractivity contribution in [2.24, 2.45) is 0 Å². The number of hydrogen-bond acceptors (Lipinski definition) is 5. The number of benzene rings is 1. The summed E-state index contributed by atoms with van der Waals surface area (Å²) in [5, 5.41) is 9.92. The summed E-state index contributed by atoms with van der Waals surface area (Å²) in [4.78, 5) is 14.6. The molecular formula is C20H28N4O3. The fraction of sp³-hybridized carbons (Fsp3) is 0.500. The molecule has 3 rings (SSSR count). The molecule has 1 aliphatic heterocycles. The molecule has 0 unspecified atom stereocenters. The van der Waals surface area contributed by atoms with Crippen LogP contribution < -0.4 is 10.1 Å². The number of carbonyl (C=O) groups is 1. The van der Waals surface area contributed by atoms with Gasteiger partial charge in [-0.2, -0.15) is 5.10 Å². The minimum absolute atomic E-state index is 0.184. The number of ether oxygens (including phenoxy) is 2. The van der Waals surface area contributed by atoms with Crippen molar-refractivity contribution in [3.8, 4) is 5.75 Å². The Morgan fingerprint density at radius 3 is 2.96 bits per heavy atom. The Kier molecular flexibility index (Phi) is 7.24. The second-order valence-electron chi connectivity index (χ2n) is 6.62. The molecule has 1 saturated heterocycles. The highest BCUT2D eigenvalue weighted by molar-refractivity contribution is 5.92. The number of hydrogen-bond donors (Lipinski definition) is 2. The van der Waals surface area contributed by atoms with Crippen molar-refractivity contribution in [2.75, 3.05) is 39.5 Å². The van der Waals surface area contributed by atoms with Gasteiger partial charge in [-0.15, -0.1) is 0 Å². The van der Waals surface area contributed by atoms with Crippen LogP contribution in [0.3, 0.4) is 0 Å². The van der Waals surface area contributed by atoms with E-state index in [1.165, 1.54) is 0 Å². The number of nitrogens with one attached hydrogen (secondary N) is 2. The molecule has 1 fully saturated rings. The zero-order valence-corrected chi connectivity index (χ0v) is 15.9. The van der Waals surface area contributed by atoms with E-state index in [0.717, 1.165) is 62.7 Å². The van der Waals surface area contributed by atoms with Gasteiger partial charge in [-0.1, -0.05) is 31.5 Å². The number of para-hydroxylation sites is 1. The Bertz CT molecular complexity index is 726. The predicted octanol–water partition coefficient (Wildman–Crippen LogP) is 2.00. The summed E-state index contributed by atoms with van der Waals surface area (Å²) in [5.41, 5.74) is 2.36. The normalized spacial score (nSPS) is 14.9. The summed E-state index contributed by atoms with van der Waals surface area (Å²) >= 11 is 0. The summed E-state index contributed by atoms with van der Waals surface area (Å²) < 4.78 is 11.3. The number of rotatable bonds is 9. The van der Waals surface area contributed by atoms with Gasteiger partial charge in [0.2, 0.25) is 0 Å². The molecule has 1 aromatic carbocycles. The van der Waals surface area contributed by atoms with Gasteiger partial charge in [0, 0.05) is 37.4 Å². The van der Waals surface area contributed by atoms with Crippen LogP contribution in [0.1, 0.15) is 35.1 Å². The highest BCUT2D eigenvalue weighted by atomic mass is 16.5. The van der Waals surface area contributed by atoms with Crippen LogP contribution in [0.4, 0.5) is 0 Å². The molecule has 2 aromatic rings. The average molecular weight is 372 g/mol. The van der Waals surface area contributed by atoms with E-state index in [0.29, 0.717) is 18.8 Å². The number of aryl methyl sites for hydroxylation is 1. The fourth-order valence-corrected chi connectivity index (χ4v) is 3.04. The monoisotopic (exact) mass is 372 g/mol. The zero-order chi connectivity index (χ0) is 18.9. The molecule has 0 bridgehead atoms. The maximum absolute atomic E-state index is 12.3. The molecule has 7 heteroatoms. The third kappa shape index (κ3) is 5.80. The summed E-state index contributed by atoms with van der Waals surface area (Å²) in [6.07, 6.45) is 1.90. The standard InChI is InChI=1S/C20H28N4O3/c1-2-5-17-14-18(23-22-17)20(25)21-15-16-6-3-4-7-19(16)27-13-10-24-8-11-26-12-9-24/h3-4,6-7,14H,2,5,8-13,15H2,1H3,(H,21,25)(H,22,23). The largest absolute Gasteiger partial charge is 0.492 e. The lowest BCUT2D eigenvalue weighted by molar-refractivity contribution is 0.0322. The van der Waals surface area contributed by atoms with Gasteiger partial charge in [-0.3, -0.25) is 14.8 Å². The van der Waals surface area contributed by atoms with Gasteiger partial charge in [-0.05, 0) is 18.6 Å². The van der Waals surface area contributed by atoms with Crippen molar-refractivity contribution in [1.29, 1.82) is 0 Å². The van der Waals surface area contributed by atoms with Gasteiger partial charge in [0.1, 0.15) is 18.1 Å². The van der Waals surface area contributed by atoms with Crippen LogP contribution in [0.5, 0.6) is 5.75 Å². The fourth-order valence-electron chi connectivity index (χ4n) is 3.04. The number of H-pyrrole nitrogens is 1. The number of morpholine rings is 1. The smallest absolute Gasteiger partial charge is 0.272 e. The van der Waals surface area contributed by atoms with Gasteiger partial charge in [0.25, 0.3) is 5.91 Å². The molecule has 146 valence electrons. The molecule has 1 amide bonds. The van der Waals surface area contributed by atoms with Crippen LogP contribution in [-0.2, 0) is 17.7 Å². The van der Waals surface area contributed by atoms with Crippen molar-refractivity contribution >= 4 is 5.91 Å². The molecule has 2 N–H and O–H groups in total. The van der Waals surface area contributed by atoms with Crippen LogP contribution in [0.25, 0.3) is 0 Å². The molecule has 7 nitrogen and oxygen atoms in total. The number of carbonyl (C=O) groups excluding carboxylic acids is 1. The second kappa shape index (κ2) is 10.1. The zero-order valence-electron chi connectivity index (χ0n) is 15.9. The second-order valence-corrected chi connectivity index (χ2v) is 6.62. The summed E-state index contributed by atoms with van der Waals surface area (Å²) in [6, 6.07) is 9.61. The minimum atomic E-state index is -0.184. The lowest BCUT2D eigenvalue weighted by Gasteiger charge is -2.26. The van der Waals surface area contributed by atoms with Crippen molar-refractivity contribution < 1.29 is 14.3 Å². The van der Waals surface area contributed by atoms with Crippen LogP contribution in [0.2, 0.25) is 0 Å². The third-order valence-electron chi connectivity index (χ3n) is 4.56. The molecule has 0 spiro atoms. The molecule has 0 atom stereocenters. The minimum Gasteiger partial charge on any atom is -0.492 e. The Morgan fingerprint density at radius 1 is 1.33 bits per heavy atom. The van der Waals surface area contributed by atoms with E-state index in [-0.39, 0.29) is 5.91 Å². The third-order valence-corrected chi connectivity index (χ3v) is 4.56. The van der Waals surface area contributed by atoms with E-state index in [9.17, 15) is 4.79 Å². The Labute approximate surface area is 160 Å². The van der Waals surface area contributed by atoms with Crippen LogP contribution in [0.15, 0.2) is 30.3 Å². The first-order valence-electron chi connectivity index (χ1n) is 9.59. The molecule has 0 radical (unpaired) electrons. The number of aromatic nitrogens is 2. The molecule has 27 heavy (non-hydrogen) atoms. The first-order chi connectivity index (χ1) is 13.3.